The van der Waals surface area contributed by atoms with E-state index in [0.717, 1.165) is 41.7 Å². The lowest BCUT2D eigenvalue weighted by molar-refractivity contribution is 0.535. The van der Waals surface area contributed by atoms with Crippen molar-refractivity contribution in [2.75, 3.05) is 18.0 Å². The minimum Gasteiger partial charge on any atom is -0.384 e. The molecule has 0 saturated heterocycles. The maximum absolute atomic E-state index is 7.81. The summed E-state index contributed by atoms with van der Waals surface area (Å²) >= 11 is 3.54. The fourth-order valence-electron chi connectivity index (χ4n) is 2.17. The Bertz CT molecular complexity index is 457. The van der Waals surface area contributed by atoms with Gasteiger partial charge in [-0.15, -0.1) is 0 Å². The number of benzene rings is 1. The van der Waals surface area contributed by atoms with Gasteiger partial charge in [-0.1, -0.05) is 43.6 Å². The molecule has 0 bridgehead atoms. The molecule has 0 aliphatic rings. The molecule has 1 rings (SSSR count). The van der Waals surface area contributed by atoms with Crippen molar-refractivity contribution in [1.82, 2.24) is 0 Å². The van der Waals surface area contributed by atoms with E-state index in [2.05, 4.69) is 54.6 Å². The summed E-state index contributed by atoms with van der Waals surface area (Å²) in [5, 5.41) is 7.81. The molecule has 0 aromatic heterocycles. The van der Waals surface area contributed by atoms with Gasteiger partial charge < -0.3 is 10.6 Å². The molecule has 3 nitrogen and oxygen atoms in total. The quantitative estimate of drug-likeness (QED) is 0.528. The minimum atomic E-state index is 0.136. The molecule has 0 heterocycles. The Hall–Kier alpha value is -1.03. The molecule has 0 spiro atoms. The molecule has 1 aromatic rings. The van der Waals surface area contributed by atoms with Crippen molar-refractivity contribution in [3.05, 3.63) is 28.2 Å². The average molecular weight is 354 g/mol. The van der Waals surface area contributed by atoms with Crippen LogP contribution in [0.5, 0.6) is 0 Å². The van der Waals surface area contributed by atoms with Crippen molar-refractivity contribution < 1.29 is 0 Å². The van der Waals surface area contributed by atoms with Gasteiger partial charge in [0.1, 0.15) is 5.84 Å². The Kier molecular flexibility index (Phi) is 7.23. The van der Waals surface area contributed by atoms with Crippen molar-refractivity contribution in [3.8, 4) is 0 Å². The zero-order valence-electron chi connectivity index (χ0n) is 13.6. The van der Waals surface area contributed by atoms with E-state index in [-0.39, 0.29) is 5.84 Å². The van der Waals surface area contributed by atoms with Gasteiger partial charge in [0.2, 0.25) is 0 Å². The van der Waals surface area contributed by atoms with Crippen LogP contribution in [0, 0.1) is 17.2 Å². The van der Waals surface area contributed by atoms with Gasteiger partial charge in [0, 0.05) is 28.8 Å². The third-order valence-corrected chi connectivity index (χ3v) is 4.04. The number of halogens is 1. The second kappa shape index (κ2) is 8.42. The van der Waals surface area contributed by atoms with Crippen LogP contribution < -0.4 is 10.6 Å². The molecule has 0 radical (unpaired) electrons. The minimum absolute atomic E-state index is 0.136. The number of hydrogen-bond acceptors (Lipinski definition) is 2. The number of hydrogen-bond donors (Lipinski definition) is 2. The summed E-state index contributed by atoms with van der Waals surface area (Å²) in [5.74, 6) is 1.47. The molecule has 118 valence electrons. The summed E-state index contributed by atoms with van der Waals surface area (Å²) in [7, 11) is 0. The summed E-state index contributed by atoms with van der Waals surface area (Å²) in [6.45, 7) is 11.0. The van der Waals surface area contributed by atoms with Gasteiger partial charge in [-0.25, -0.2) is 0 Å². The van der Waals surface area contributed by atoms with Crippen LogP contribution in [0.1, 0.15) is 46.1 Å². The largest absolute Gasteiger partial charge is 0.384 e. The molecular formula is C17H28BrN3. The lowest BCUT2D eigenvalue weighted by Gasteiger charge is -2.28. The zero-order valence-corrected chi connectivity index (χ0v) is 15.2. The SMILES string of the molecule is CC(C)CCN(CCC(C)C)c1cc(Br)ccc1C(=N)N. The van der Waals surface area contributed by atoms with Crippen molar-refractivity contribution in [3.63, 3.8) is 0 Å². The van der Waals surface area contributed by atoms with Gasteiger partial charge in [-0.2, -0.15) is 0 Å². The first-order valence-electron chi connectivity index (χ1n) is 7.70. The maximum Gasteiger partial charge on any atom is 0.124 e. The second-order valence-corrected chi connectivity index (χ2v) is 7.34. The van der Waals surface area contributed by atoms with Crippen LogP contribution in [-0.2, 0) is 0 Å². The smallest absolute Gasteiger partial charge is 0.124 e. The fraction of sp³-hybridized carbons (Fsp3) is 0.588. The molecule has 4 heteroatoms. The summed E-state index contributed by atoms with van der Waals surface area (Å²) in [4.78, 5) is 2.38. The van der Waals surface area contributed by atoms with E-state index in [9.17, 15) is 0 Å². The highest BCUT2D eigenvalue weighted by atomic mass is 79.9. The maximum atomic E-state index is 7.81. The monoisotopic (exact) mass is 353 g/mol. The lowest BCUT2D eigenvalue weighted by atomic mass is 10.1. The van der Waals surface area contributed by atoms with Crippen LogP contribution in [0.2, 0.25) is 0 Å². The molecular weight excluding hydrogens is 326 g/mol. The van der Waals surface area contributed by atoms with E-state index in [1.165, 1.54) is 0 Å². The Morgan fingerprint density at radius 1 is 1.14 bits per heavy atom. The first-order valence-corrected chi connectivity index (χ1v) is 8.49. The topological polar surface area (TPSA) is 53.1 Å². The van der Waals surface area contributed by atoms with Gasteiger partial charge in [0.25, 0.3) is 0 Å². The number of anilines is 1. The highest BCUT2D eigenvalue weighted by Crippen LogP contribution is 2.26. The van der Waals surface area contributed by atoms with Crippen LogP contribution in [0.25, 0.3) is 0 Å². The van der Waals surface area contributed by atoms with Crippen molar-refractivity contribution in [2.24, 2.45) is 17.6 Å². The average Bonchev–Trinajstić information content (AvgIpc) is 2.37. The molecule has 1 aromatic carbocycles. The van der Waals surface area contributed by atoms with Gasteiger partial charge in [-0.05, 0) is 42.9 Å². The van der Waals surface area contributed by atoms with Crippen LogP contribution in [0.3, 0.4) is 0 Å². The number of nitrogen functional groups attached to an aromatic ring is 1. The first kappa shape index (κ1) is 18.0. The van der Waals surface area contributed by atoms with E-state index in [4.69, 9.17) is 11.1 Å². The molecule has 0 amide bonds. The predicted octanol–water partition coefficient (Wildman–Crippen LogP) is 4.63. The van der Waals surface area contributed by atoms with E-state index >= 15 is 0 Å². The Morgan fingerprint density at radius 3 is 2.10 bits per heavy atom. The number of nitrogens with one attached hydrogen (secondary N) is 1. The molecule has 0 aliphatic heterocycles. The number of amidine groups is 1. The standard InChI is InChI=1S/C17H28BrN3/c1-12(2)7-9-21(10-8-13(3)4)16-11-14(18)5-6-15(16)17(19)20/h5-6,11-13H,7-10H2,1-4H3,(H3,19,20). The second-order valence-electron chi connectivity index (χ2n) is 6.43. The van der Waals surface area contributed by atoms with E-state index in [1.807, 2.05) is 12.1 Å². The number of nitrogens with two attached hydrogens (primary N) is 1. The summed E-state index contributed by atoms with van der Waals surface area (Å²) < 4.78 is 1.03. The van der Waals surface area contributed by atoms with Crippen LogP contribution >= 0.6 is 15.9 Å². The Labute approximate surface area is 137 Å². The van der Waals surface area contributed by atoms with Crippen molar-refractivity contribution >= 4 is 27.5 Å². The summed E-state index contributed by atoms with van der Waals surface area (Å²) in [5.41, 5.74) is 7.65. The molecule has 0 saturated carbocycles. The van der Waals surface area contributed by atoms with Gasteiger partial charge in [0.15, 0.2) is 0 Å². The fourth-order valence-corrected chi connectivity index (χ4v) is 2.52. The molecule has 0 atom stereocenters. The van der Waals surface area contributed by atoms with Gasteiger partial charge in [-0.3, -0.25) is 5.41 Å². The molecule has 21 heavy (non-hydrogen) atoms. The van der Waals surface area contributed by atoms with E-state index in [0.29, 0.717) is 11.8 Å². The summed E-state index contributed by atoms with van der Waals surface area (Å²) in [6.07, 6.45) is 2.28. The number of rotatable bonds is 8. The molecule has 3 N–H and O–H groups in total. The van der Waals surface area contributed by atoms with Gasteiger partial charge in [0.05, 0.1) is 0 Å². The highest BCUT2D eigenvalue weighted by molar-refractivity contribution is 9.10. The Morgan fingerprint density at radius 2 is 1.67 bits per heavy atom. The van der Waals surface area contributed by atoms with E-state index < -0.39 is 0 Å². The lowest BCUT2D eigenvalue weighted by Crippen LogP contribution is -2.30. The third kappa shape index (κ3) is 6.08. The number of nitrogens with zero attached hydrogens (tertiary/aromatic N) is 1. The Balaban J connectivity index is 3.04. The highest BCUT2D eigenvalue weighted by Gasteiger charge is 2.14. The van der Waals surface area contributed by atoms with Gasteiger partial charge >= 0.3 is 0 Å². The predicted molar refractivity (Wildman–Crippen MR) is 96.3 cm³/mol. The molecule has 0 fully saturated rings. The zero-order chi connectivity index (χ0) is 16.0. The van der Waals surface area contributed by atoms with E-state index in [1.54, 1.807) is 0 Å². The first-order chi connectivity index (χ1) is 9.81. The third-order valence-electron chi connectivity index (χ3n) is 3.54. The van der Waals surface area contributed by atoms with Crippen LogP contribution in [0.15, 0.2) is 22.7 Å². The van der Waals surface area contributed by atoms with Crippen molar-refractivity contribution in [2.45, 2.75) is 40.5 Å². The molecule has 0 unspecified atom stereocenters. The summed E-state index contributed by atoms with van der Waals surface area (Å²) in [6, 6.07) is 5.96. The van der Waals surface area contributed by atoms with Crippen molar-refractivity contribution in [1.29, 1.82) is 5.41 Å². The normalized spacial score (nSPS) is 11.2. The van der Waals surface area contributed by atoms with Crippen LogP contribution in [0.4, 0.5) is 5.69 Å². The molecule has 0 aliphatic carbocycles. The van der Waals surface area contributed by atoms with Crippen LogP contribution in [-0.4, -0.2) is 18.9 Å².